The van der Waals surface area contributed by atoms with Gasteiger partial charge in [0, 0.05) is 86.6 Å². The molecule has 142 heavy (non-hydrogen) atoms. The molecular weight excluding hydrogens is 1910 g/mol. The normalized spacial score (nSPS) is 23.0. The number of likely N-dealkylation sites (N-methyl/N-ethyl adjacent to an activating group) is 1. The summed E-state index contributed by atoms with van der Waals surface area (Å²) in [5.41, 5.74) is 12.5. The molecule has 0 saturated carbocycles. The number of carboxylic acids is 4. The maximum absolute atomic E-state index is 15.4. The molecule has 18 amide bonds. The summed E-state index contributed by atoms with van der Waals surface area (Å²) >= 11 is 2.93. The predicted molar refractivity (Wildman–Crippen MR) is 517 cm³/mol. The lowest BCUT2D eigenvalue weighted by Gasteiger charge is -2.33. The van der Waals surface area contributed by atoms with Crippen molar-refractivity contribution in [2.75, 3.05) is 44.4 Å². The fourth-order valence-electron chi connectivity index (χ4n) is 14.6. The number of carbonyl (C=O) groups is 22. The molecule has 49 heteroatoms. The van der Waals surface area contributed by atoms with E-state index in [9.17, 15) is 107 Å². The fraction of sp³-hybridized carbons (Fsp3) is 0.462. The van der Waals surface area contributed by atoms with Crippen molar-refractivity contribution in [2.45, 2.75) is 220 Å². The number of phenolic OH excluding ortho intramolecular Hbond substituents is 1. The third-order valence-electron chi connectivity index (χ3n) is 22.3. The summed E-state index contributed by atoms with van der Waals surface area (Å²) in [7, 11) is 2.97. The van der Waals surface area contributed by atoms with Gasteiger partial charge in [0.2, 0.25) is 106 Å². The molecule has 25 N–H and O–H groups in total. The maximum atomic E-state index is 15.4. The van der Waals surface area contributed by atoms with Crippen LogP contribution in [0.25, 0.3) is 10.8 Å². The van der Waals surface area contributed by atoms with Crippen molar-refractivity contribution >= 4 is 176 Å². The molecule has 0 saturated heterocycles. The first kappa shape index (κ1) is 114. The predicted octanol–water partition coefficient (Wildman–Crippen LogP) is -3.51. The number of aliphatic carboxylic acids is 4. The first-order valence-corrected chi connectivity index (χ1v) is 48.5. The smallest absolute Gasteiger partial charge is 0.305 e. The SMILES string of the molecule is CNCCC(=O)N(C)CC(=O)NC(C)C(=O)NC1CSCc2cc3cc(c2)CSCC(NC(=O)C(C)NC(=O)C(Cc2cccc4ccccc24)NC(=O)C(CCC(=O)O)NC(=O)C(CC(N)=O)NC(=O)C(C)NC1=O)C(=O)NC(CCC(=O)O)C(=O)NC(CC(=O)O)C(=O)NC(Cc1ccccc1)C(=O)NC(Cc1ccc(O)cc1)C(=O)NC(CC(=O)O)C(=O)NC(C(C)(C)C)C(=O)NC(C(N)=O)CSC3. The Morgan fingerprint density at radius 3 is 1.39 bits per heavy atom. The Hall–Kier alpha value is -14.5. The van der Waals surface area contributed by atoms with E-state index in [1.54, 1.807) is 85.9 Å². The molecule has 2 aliphatic rings. The lowest BCUT2D eigenvalue weighted by molar-refractivity contribution is -0.142. The standard InChI is InChI=1S/C93H121N19O27S3/c1-47(97-71(115)40-112(8)72(116)29-30-96-7)79(126)109-68-45-141-42-53-31-52-32-54(33-53)43-142-46-69(110-81(128)49(3)98-84(131)63(36-56-19-14-18-55-17-12-13-20-58(55)56)105-82(129)59(25-27-73(117)118)100-87(134)64(37-70(94)114)102-80(127)48(2)99-90(68)137)91(138)101-60(26-28-74(119)120)83(130)106-65(38-75(121)122)88(135)104-61(34-50-15-10-9-11-16-50)85(132)103-62(35-51-21-23-57(113)24-22-51)86(133)107-66(39-76(123)124)89(136)111-77(93(4,5)6)92(139)108-67(78(95)125)44-140-41-52/h9-24,31-33,47-49,59-69,77,96,113H,25-30,34-46H2,1-8H3,(H2,94,114)(H2,95,125)(H,97,115)(H,98,131)(H,99,137)(H,100,134)(H,101,138)(H,102,127)(H,103,132)(H,104,135)(H,105,129)(H,106,130)(H,107,133)(H,108,139)(H,109,126)(H,110,128)(H,111,136)(H,117,118)(H,119,120)(H,121,122)(H,123,124). The minimum atomic E-state index is -2.25. The van der Waals surface area contributed by atoms with Crippen LogP contribution in [0, 0.1) is 5.41 Å². The van der Waals surface area contributed by atoms with Crippen molar-refractivity contribution in [3.05, 3.63) is 149 Å². The maximum Gasteiger partial charge on any atom is 0.305 e. The van der Waals surface area contributed by atoms with Crippen LogP contribution in [0.3, 0.4) is 0 Å². The van der Waals surface area contributed by atoms with E-state index in [-0.39, 0.29) is 53.0 Å². The number of thioether (sulfide) groups is 3. The van der Waals surface area contributed by atoms with Gasteiger partial charge in [-0.1, -0.05) is 124 Å². The van der Waals surface area contributed by atoms with Crippen LogP contribution in [0.2, 0.25) is 0 Å². The monoisotopic (exact) mass is 2030 g/mol. The lowest BCUT2D eigenvalue weighted by Crippen LogP contribution is -2.62. The fourth-order valence-corrected chi connectivity index (χ4v) is 17.6. The topological polar surface area (TPSA) is 724 Å². The van der Waals surface area contributed by atoms with Crippen molar-refractivity contribution in [1.82, 2.24) is 90.0 Å². The number of hydrogen-bond donors (Lipinski definition) is 23. The average molecular weight is 2030 g/mol. The number of benzene rings is 5. The van der Waals surface area contributed by atoms with Crippen LogP contribution in [-0.2, 0) is 142 Å². The molecule has 15 unspecified atom stereocenters. The van der Waals surface area contributed by atoms with Gasteiger partial charge in [-0.05, 0) is 102 Å². The number of fused-ring (bicyclic) bond motifs is 6. The Kier molecular flexibility index (Phi) is 44.7. The van der Waals surface area contributed by atoms with Gasteiger partial charge in [-0.3, -0.25) is 105 Å². The van der Waals surface area contributed by atoms with Gasteiger partial charge in [0.05, 0.1) is 25.8 Å². The van der Waals surface area contributed by atoms with Gasteiger partial charge in [-0.25, -0.2) is 0 Å². The van der Waals surface area contributed by atoms with Crippen molar-refractivity contribution < 1.29 is 131 Å². The van der Waals surface area contributed by atoms with E-state index in [1.165, 1.54) is 71.1 Å². The van der Waals surface area contributed by atoms with Crippen molar-refractivity contribution in [1.29, 1.82) is 0 Å². The van der Waals surface area contributed by atoms with Crippen molar-refractivity contribution in [3.63, 3.8) is 0 Å². The number of aromatic hydroxyl groups is 1. The summed E-state index contributed by atoms with van der Waals surface area (Å²) in [6.07, 6.45) is -8.24. The van der Waals surface area contributed by atoms with E-state index in [2.05, 4.69) is 85.1 Å². The minimum absolute atomic E-state index is 0.0131. The Labute approximate surface area is 828 Å². The van der Waals surface area contributed by atoms with Crippen LogP contribution >= 0.6 is 35.3 Å². The quantitative estimate of drug-likeness (QED) is 0.0242. The molecule has 2 heterocycles. The minimum Gasteiger partial charge on any atom is -0.508 e. The van der Waals surface area contributed by atoms with Gasteiger partial charge in [0.1, 0.15) is 96.4 Å². The van der Waals surface area contributed by atoms with Crippen molar-refractivity contribution in [3.8, 4) is 5.75 Å². The number of amides is 18. The van der Waals surface area contributed by atoms with Crippen LogP contribution < -0.4 is 96.5 Å². The van der Waals surface area contributed by atoms with Gasteiger partial charge in [-0.2, -0.15) is 35.3 Å². The number of primary amides is 2. The van der Waals surface area contributed by atoms with E-state index in [0.29, 0.717) is 38.6 Å². The van der Waals surface area contributed by atoms with E-state index >= 15 is 24.0 Å². The number of nitrogens with one attached hydrogen (secondary N) is 16. The third-order valence-corrected chi connectivity index (χ3v) is 25.6. The van der Waals surface area contributed by atoms with Gasteiger partial charge in [0.25, 0.3) is 0 Å². The number of hydrogen-bond acceptors (Lipinski definition) is 27. The van der Waals surface area contributed by atoms with Crippen LogP contribution in [0.4, 0.5) is 0 Å². The highest BCUT2D eigenvalue weighted by Crippen LogP contribution is 2.28. The third kappa shape index (κ3) is 37.9. The largest absolute Gasteiger partial charge is 0.508 e. The first-order valence-electron chi connectivity index (χ1n) is 45.1. The lowest BCUT2D eigenvalue weighted by atomic mass is 9.85. The molecule has 0 fully saturated rings. The molecule has 15 atom stereocenters. The zero-order valence-corrected chi connectivity index (χ0v) is 81.6. The molecule has 0 aromatic heterocycles. The number of carbonyl (C=O) groups excluding carboxylic acids is 18. The summed E-state index contributed by atoms with van der Waals surface area (Å²) in [5, 5.41) is 91.8. The second-order valence-corrected chi connectivity index (χ2v) is 38.2. The molecule has 5 aromatic carbocycles. The van der Waals surface area contributed by atoms with E-state index in [1.807, 2.05) is 0 Å². The summed E-state index contributed by atoms with van der Waals surface area (Å²) in [4.78, 5) is 312. The average Bonchev–Trinajstić information content (AvgIpc) is 0.822. The Bertz CT molecular complexity index is 5460. The number of phenols is 1. The Balaban J connectivity index is 1.42. The Morgan fingerprint density at radius 2 is 0.880 bits per heavy atom. The van der Waals surface area contributed by atoms with Crippen molar-refractivity contribution in [2.24, 2.45) is 16.9 Å². The van der Waals surface area contributed by atoms with E-state index in [4.69, 9.17) is 11.5 Å². The zero-order chi connectivity index (χ0) is 105. The van der Waals surface area contributed by atoms with Gasteiger partial charge in [-0.15, -0.1) is 0 Å². The van der Waals surface area contributed by atoms with Crippen LogP contribution in [-0.4, -0.2) is 296 Å². The van der Waals surface area contributed by atoms with E-state index < -0.39 is 303 Å². The molecule has 0 aliphatic carbocycles. The van der Waals surface area contributed by atoms with Gasteiger partial charge >= 0.3 is 23.9 Å². The molecule has 4 bridgehead atoms. The van der Waals surface area contributed by atoms with Gasteiger partial charge in [0.15, 0.2) is 0 Å². The Morgan fingerprint density at radius 1 is 0.451 bits per heavy atom. The number of nitrogens with zero attached hydrogens (tertiary/aromatic N) is 1. The molecule has 768 valence electrons. The second kappa shape index (κ2) is 55.5. The van der Waals surface area contributed by atoms with Crippen LogP contribution in [0.1, 0.15) is 126 Å². The van der Waals surface area contributed by atoms with E-state index in [0.717, 1.165) is 54.0 Å². The number of nitrogens with two attached hydrogens (primary N) is 2. The molecule has 0 radical (unpaired) electrons. The summed E-state index contributed by atoms with van der Waals surface area (Å²) < 4.78 is 0. The molecule has 5 aromatic rings. The molecule has 0 spiro atoms. The van der Waals surface area contributed by atoms with Crippen LogP contribution in [0.5, 0.6) is 5.75 Å². The molecule has 7 rings (SSSR count). The molecule has 46 nitrogen and oxygen atoms in total. The summed E-state index contributed by atoms with van der Waals surface area (Å²) in [6.45, 7) is 7.81. The van der Waals surface area contributed by atoms with Crippen LogP contribution in [0.15, 0.2) is 115 Å². The zero-order valence-electron chi connectivity index (χ0n) is 79.1. The highest BCUT2D eigenvalue weighted by molar-refractivity contribution is 7.99. The molecular formula is C93H121N19O27S3. The second-order valence-electron chi connectivity index (χ2n) is 35.1. The van der Waals surface area contributed by atoms with Gasteiger partial charge < -0.3 is 127 Å². The number of rotatable bonds is 27. The highest BCUT2D eigenvalue weighted by Gasteiger charge is 2.42. The highest BCUT2D eigenvalue weighted by atomic mass is 32.2. The first-order chi connectivity index (χ1) is 67.0. The number of carboxylic acid groups (broad SMARTS) is 4. The molecule has 2 aliphatic heterocycles. The summed E-state index contributed by atoms with van der Waals surface area (Å²) in [6, 6.07) is 1.99. The summed E-state index contributed by atoms with van der Waals surface area (Å²) in [5.74, 6) is -28.9.